The van der Waals surface area contributed by atoms with E-state index in [2.05, 4.69) is 28.4 Å². The van der Waals surface area contributed by atoms with E-state index < -0.39 is 0 Å². The van der Waals surface area contributed by atoms with Gasteiger partial charge in [-0.25, -0.2) is 0 Å². The molecule has 4 heteroatoms. The molecule has 0 atom stereocenters. The molecular formula is C12H16N4. The van der Waals surface area contributed by atoms with Gasteiger partial charge in [-0.05, 0) is 18.2 Å². The van der Waals surface area contributed by atoms with Gasteiger partial charge in [0.15, 0.2) is 0 Å². The molecule has 0 aliphatic rings. The van der Waals surface area contributed by atoms with Crippen molar-refractivity contribution in [1.82, 2.24) is 20.1 Å². The number of aryl methyl sites for hydroxylation is 1. The van der Waals surface area contributed by atoms with E-state index >= 15 is 0 Å². The molecule has 2 heterocycles. The Labute approximate surface area is 95.3 Å². The van der Waals surface area contributed by atoms with Crippen molar-refractivity contribution in [3.8, 4) is 11.1 Å². The van der Waals surface area contributed by atoms with Crippen LogP contribution in [0.2, 0.25) is 0 Å². The largest absolute Gasteiger partial charge is 0.313 e. The zero-order chi connectivity index (χ0) is 11.4. The van der Waals surface area contributed by atoms with Gasteiger partial charge < -0.3 is 5.32 Å². The molecule has 2 rings (SSSR count). The molecule has 0 saturated heterocycles. The lowest BCUT2D eigenvalue weighted by Gasteiger charge is -2.03. The smallest absolute Gasteiger partial charge is 0.0568 e. The quantitative estimate of drug-likeness (QED) is 0.844. The van der Waals surface area contributed by atoms with E-state index in [1.165, 1.54) is 5.56 Å². The second kappa shape index (κ2) is 4.90. The lowest BCUT2D eigenvalue weighted by Crippen LogP contribution is -2.11. The second-order valence-corrected chi connectivity index (χ2v) is 3.76. The summed E-state index contributed by atoms with van der Waals surface area (Å²) in [7, 11) is 1.92. The fraction of sp³-hybridized carbons (Fsp3) is 0.333. The van der Waals surface area contributed by atoms with Crippen LogP contribution in [0.1, 0.15) is 12.5 Å². The first kappa shape index (κ1) is 10.8. The lowest BCUT2D eigenvalue weighted by molar-refractivity contribution is 0.724. The van der Waals surface area contributed by atoms with Crippen LogP contribution in [0.5, 0.6) is 0 Å². The van der Waals surface area contributed by atoms with Crippen molar-refractivity contribution in [1.29, 1.82) is 0 Å². The summed E-state index contributed by atoms with van der Waals surface area (Å²) < 4.78 is 1.80. The van der Waals surface area contributed by atoms with Crippen LogP contribution in [0.25, 0.3) is 11.1 Å². The predicted molar refractivity (Wildman–Crippen MR) is 63.8 cm³/mol. The van der Waals surface area contributed by atoms with Crippen LogP contribution in [0.15, 0.2) is 30.9 Å². The minimum atomic E-state index is 0.859. The molecule has 2 aromatic heterocycles. The van der Waals surface area contributed by atoms with Gasteiger partial charge in [0.2, 0.25) is 0 Å². The number of hydrogen-bond acceptors (Lipinski definition) is 3. The summed E-state index contributed by atoms with van der Waals surface area (Å²) in [6.45, 7) is 3.92. The van der Waals surface area contributed by atoms with Crippen LogP contribution in [0.3, 0.4) is 0 Å². The Kier molecular flexibility index (Phi) is 3.31. The second-order valence-electron chi connectivity index (χ2n) is 3.76. The molecule has 2 aromatic rings. The van der Waals surface area contributed by atoms with Gasteiger partial charge in [-0.1, -0.05) is 6.92 Å². The SMILES string of the molecule is CCNCc1cncc(-c2cnn(C)c2)c1. The summed E-state index contributed by atoms with van der Waals surface area (Å²) in [5.41, 5.74) is 3.42. The molecule has 0 radical (unpaired) electrons. The first-order valence-corrected chi connectivity index (χ1v) is 5.43. The Morgan fingerprint density at radius 2 is 2.12 bits per heavy atom. The predicted octanol–water partition coefficient (Wildman–Crippen LogP) is 1.59. The molecular weight excluding hydrogens is 200 g/mol. The van der Waals surface area contributed by atoms with Crippen LogP contribution in [-0.2, 0) is 13.6 Å². The minimum Gasteiger partial charge on any atom is -0.313 e. The monoisotopic (exact) mass is 216 g/mol. The summed E-state index contributed by atoms with van der Waals surface area (Å²) in [6, 6.07) is 2.15. The molecule has 4 nitrogen and oxygen atoms in total. The van der Waals surface area contributed by atoms with Crippen molar-refractivity contribution < 1.29 is 0 Å². The highest BCUT2D eigenvalue weighted by atomic mass is 15.2. The van der Waals surface area contributed by atoms with Gasteiger partial charge in [0.1, 0.15) is 0 Å². The van der Waals surface area contributed by atoms with E-state index in [-0.39, 0.29) is 0 Å². The number of pyridine rings is 1. The molecule has 84 valence electrons. The molecule has 0 aliphatic heterocycles. The lowest BCUT2D eigenvalue weighted by atomic mass is 10.1. The Bertz CT molecular complexity index is 462. The Hall–Kier alpha value is -1.68. The molecule has 16 heavy (non-hydrogen) atoms. The van der Waals surface area contributed by atoms with E-state index in [0.29, 0.717) is 0 Å². The van der Waals surface area contributed by atoms with Gasteiger partial charge in [-0.15, -0.1) is 0 Å². The number of hydrogen-bond donors (Lipinski definition) is 1. The molecule has 0 aliphatic carbocycles. The first-order valence-electron chi connectivity index (χ1n) is 5.43. The number of nitrogens with zero attached hydrogens (tertiary/aromatic N) is 3. The third-order valence-electron chi connectivity index (χ3n) is 2.41. The summed E-state index contributed by atoms with van der Waals surface area (Å²) in [6.07, 6.45) is 7.61. The minimum absolute atomic E-state index is 0.859. The van der Waals surface area contributed by atoms with E-state index in [1.54, 1.807) is 4.68 Å². The average Bonchev–Trinajstić information content (AvgIpc) is 2.74. The number of nitrogens with one attached hydrogen (secondary N) is 1. The maximum atomic E-state index is 4.25. The molecule has 0 unspecified atom stereocenters. The van der Waals surface area contributed by atoms with Crippen molar-refractivity contribution in [2.24, 2.45) is 7.05 Å². The van der Waals surface area contributed by atoms with Crippen LogP contribution in [0, 0.1) is 0 Å². The van der Waals surface area contributed by atoms with E-state index in [4.69, 9.17) is 0 Å². The Morgan fingerprint density at radius 3 is 2.81 bits per heavy atom. The summed E-state index contributed by atoms with van der Waals surface area (Å²) in [4.78, 5) is 4.25. The zero-order valence-corrected chi connectivity index (χ0v) is 9.64. The Morgan fingerprint density at radius 1 is 1.25 bits per heavy atom. The van der Waals surface area contributed by atoms with Crippen molar-refractivity contribution >= 4 is 0 Å². The highest BCUT2D eigenvalue weighted by molar-refractivity contribution is 5.61. The van der Waals surface area contributed by atoms with Gasteiger partial charge in [0.05, 0.1) is 6.20 Å². The van der Waals surface area contributed by atoms with Crippen LogP contribution >= 0.6 is 0 Å². The normalized spacial score (nSPS) is 10.6. The molecule has 1 N–H and O–H groups in total. The maximum absolute atomic E-state index is 4.25. The fourth-order valence-corrected chi connectivity index (χ4v) is 1.58. The topological polar surface area (TPSA) is 42.7 Å². The summed E-state index contributed by atoms with van der Waals surface area (Å²) >= 11 is 0. The maximum Gasteiger partial charge on any atom is 0.0568 e. The summed E-state index contributed by atoms with van der Waals surface area (Å²) in [5.74, 6) is 0. The van der Waals surface area contributed by atoms with Gasteiger partial charge >= 0.3 is 0 Å². The zero-order valence-electron chi connectivity index (χ0n) is 9.64. The molecule has 0 fully saturated rings. The van der Waals surface area contributed by atoms with Gasteiger partial charge in [0.25, 0.3) is 0 Å². The van der Waals surface area contributed by atoms with Crippen molar-refractivity contribution in [3.05, 3.63) is 36.4 Å². The van der Waals surface area contributed by atoms with E-state index in [1.807, 2.05) is 31.8 Å². The van der Waals surface area contributed by atoms with Crippen molar-refractivity contribution in [3.63, 3.8) is 0 Å². The van der Waals surface area contributed by atoms with Gasteiger partial charge in [-0.3, -0.25) is 9.67 Å². The van der Waals surface area contributed by atoms with Crippen molar-refractivity contribution in [2.45, 2.75) is 13.5 Å². The van der Waals surface area contributed by atoms with E-state index in [0.717, 1.165) is 24.2 Å². The highest BCUT2D eigenvalue weighted by Gasteiger charge is 2.01. The van der Waals surface area contributed by atoms with Crippen LogP contribution in [-0.4, -0.2) is 21.3 Å². The molecule has 0 bridgehead atoms. The van der Waals surface area contributed by atoms with Gasteiger partial charge in [-0.2, -0.15) is 5.10 Å². The van der Waals surface area contributed by atoms with Crippen LogP contribution in [0.4, 0.5) is 0 Å². The molecule has 0 aromatic carbocycles. The highest BCUT2D eigenvalue weighted by Crippen LogP contribution is 2.17. The standard InChI is InChI=1S/C12H16N4/c1-3-13-5-10-4-11(7-14-6-10)12-8-15-16(2)9-12/h4,6-9,13H,3,5H2,1-2H3. The third-order valence-corrected chi connectivity index (χ3v) is 2.41. The molecule has 0 spiro atoms. The van der Waals surface area contributed by atoms with Crippen LogP contribution < -0.4 is 5.32 Å². The molecule has 0 saturated carbocycles. The van der Waals surface area contributed by atoms with E-state index in [9.17, 15) is 0 Å². The Balaban J connectivity index is 2.22. The first-order chi connectivity index (χ1) is 7.79. The van der Waals surface area contributed by atoms with Crippen molar-refractivity contribution in [2.75, 3.05) is 6.54 Å². The summed E-state index contributed by atoms with van der Waals surface area (Å²) in [5, 5.41) is 7.45. The van der Waals surface area contributed by atoms with Gasteiger partial charge in [0, 0.05) is 43.3 Å². The fourth-order valence-electron chi connectivity index (χ4n) is 1.58. The number of rotatable bonds is 4. The third kappa shape index (κ3) is 2.46. The molecule has 0 amide bonds. The average molecular weight is 216 g/mol. The number of aromatic nitrogens is 3.